The van der Waals surface area contributed by atoms with Crippen LogP contribution in [0.2, 0.25) is 0 Å². The van der Waals surface area contributed by atoms with Crippen LogP contribution in [0.4, 0.5) is 4.39 Å². The zero-order valence-corrected chi connectivity index (χ0v) is 5.24. The zero-order valence-electron chi connectivity index (χ0n) is 5.24. The number of halogens is 1. The molecule has 0 aromatic rings. The van der Waals surface area contributed by atoms with E-state index in [0.717, 1.165) is 0 Å². The fourth-order valence-corrected chi connectivity index (χ4v) is 0.471. The first-order valence-corrected chi connectivity index (χ1v) is 2.82. The van der Waals surface area contributed by atoms with Gasteiger partial charge in [0.1, 0.15) is 6.17 Å². The van der Waals surface area contributed by atoms with Crippen molar-refractivity contribution in [3.8, 4) is 0 Å². The Hall–Kier alpha value is -0.0700. The Kier molecular flexibility index (Phi) is 26.3. The SMILES string of the molecule is C.C.C.CCC(F)C(C)C. The summed E-state index contributed by atoms with van der Waals surface area (Å²) in [7, 11) is 0. The molecule has 10 heavy (non-hydrogen) atoms. The van der Waals surface area contributed by atoms with Crippen LogP contribution >= 0.6 is 0 Å². The van der Waals surface area contributed by atoms with Crippen LogP contribution in [0.5, 0.6) is 0 Å². The minimum absolute atomic E-state index is 0. The Labute approximate surface area is 66.8 Å². The highest BCUT2D eigenvalue weighted by molar-refractivity contribution is 4.55. The summed E-state index contributed by atoms with van der Waals surface area (Å²) in [6.07, 6.45) is 0.0532. The molecule has 0 aliphatic rings. The van der Waals surface area contributed by atoms with Gasteiger partial charge in [-0.15, -0.1) is 0 Å². The van der Waals surface area contributed by atoms with Crippen LogP contribution in [0, 0.1) is 5.92 Å². The average molecular weight is 152 g/mol. The van der Waals surface area contributed by atoms with E-state index in [1.165, 1.54) is 0 Å². The van der Waals surface area contributed by atoms with Crippen molar-refractivity contribution in [1.82, 2.24) is 0 Å². The lowest BCUT2D eigenvalue weighted by Gasteiger charge is -2.06. The lowest BCUT2D eigenvalue weighted by atomic mass is 10.1. The lowest BCUT2D eigenvalue weighted by molar-refractivity contribution is 0.248. The summed E-state index contributed by atoms with van der Waals surface area (Å²) in [5.74, 6) is 0.199. The maximum Gasteiger partial charge on any atom is 0.102 e. The van der Waals surface area contributed by atoms with Gasteiger partial charge in [0.25, 0.3) is 0 Å². The third kappa shape index (κ3) is 10.8. The van der Waals surface area contributed by atoms with Gasteiger partial charge in [-0.3, -0.25) is 0 Å². The van der Waals surface area contributed by atoms with E-state index in [1.54, 1.807) is 0 Å². The highest BCUT2D eigenvalue weighted by Gasteiger charge is 2.06. The van der Waals surface area contributed by atoms with Crippen molar-refractivity contribution < 1.29 is 4.39 Å². The fourth-order valence-electron chi connectivity index (χ4n) is 0.471. The van der Waals surface area contributed by atoms with E-state index in [-0.39, 0.29) is 28.2 Å². The second-order valence-corrected chi connectivity index (χ2v) is 2.17. The molecule has 1 atom stereocenters. The molecule has 0 saturated heterocycles. The minimum atomic E-state index is -0.597. The molecule has 0 aromatic carbocycles. The van der Waals surface area contributed by atoms with Crippen molar-refractivity contribution in [3.63, 3.8) is 0 Å². The summed E-state index contributed by atoms with van der Waals surface area (Å²) in [4.78, 5) is 0. The summed E-state index contributed by atoms with van der Waals surface area (Å²) < 4.78 is 12.3. The Balaban J connectivity index is -0.0000000600. The molecule has 1 unspecified atom stereocenters. The summed E-state index contributed by atoms with van der Waals surface area (Å²) >= 11 is 0. The normalized spacial score (nSPS) is 10.5. The number of hydrogen-bond acceptors (Lipinski definition) is 0. The summed E-state index contributed by atoms with van der Waals surface area (Å²) in [6, 6.07) is 0. The molecule has 0 nitrogen and oxygen atoms in total. The maximum atomic E-state index is 12.3. The molecule has 68 valence electrons. The van der Waals surface area contributed by atoms with Gasteiger partial charge in [0, 0.05) is 0 Å². The third-order valence-corrected chi connectivity index (χ3v) is 1.11. The smallest absolute Gasteiger partial charge is 0.102 e. The molecule has 0 bridgehead atoms. The van der Waals surface area contributed by atoms with Crippen LogP contribution in [0.15, 0.2) is 0 Å². The van der Waals surface area contributed by atoms with E-state index >= 15 is 0 Å². The van der Waals surface area contributed by atoms with Gasteiger partial charge < -0.3 is 0 Å². The second kappa shape index (κ2) is 11.7. The fraction of sp³-hybridized carbons (Fsp3) is 1.00. The molecule has 1 heteroatoms. The molecule has 0 N–H and O–H groups in total. The predicted octanol–water partition coefficient (Wildman–Crippen LogP) is 4.30. The molecule has 0 fully saturated rings. The molecule has 0 spiro atoms. The van der Waals surface area contributed by atoms with Crippen molar-refractivity contribution in [1.29, 1.82) is 0 Å². The maximum absolute atomic E-state index is 12.3. The Bertz CT molecular complexity index is 42.0. The number of hydrogen-bond donors (Lipinski definition) is 0. The largest absolute Gasteiger partial charge is 0.247 e. The van der Waals surface area contributed by atoms with Gasteiger partial charge in [0.05, 0.1) is 0 Å². The molecule has 0 saturated carbocycles. The van der Waals surface area contributed by atoms with Crippen LogP contribution in [0.25, 0.3) is 0 Å². The van der Waals surface area contributed by atoms with Crippen molar-refractivity contribution >= 4 is 0 Å². The molecule has 0 aliphatic carbocycles. The van der Waals surface area contributed by atoms with E-state index in [0.29, 0.717) is 6.42 Å². The quantitative estimate of drug-likeness (QED) is 0.553. The van der Waals surface area contributed by atoms with Crippen LogP contribution < -0.4 is 0 Å². The lowest BCUT2D eigenvalue weighted by Crippen LogP contribution is -2.05. The molecule has 0 rings (SSSR count). The predicted molar refractivity (Wildman–Crippen MR) is 50.2 cm³/mol. The van der Waals surface area contributed by atoms with Crippen molar-refractivity contribution in [2.75, 3.05) is 0 Å². The highest BCUT2D eigenvalue weighted by Crippen LogP contribution is 2.08. The topological polar surface area (TPSA) is 0 Å². The van der Waals surface area contributed by atoms with Crippen molar-refractivity contribution in [2.45, 2.75) is 55.6 Å². The third-order valence-electron chi connectivity index (χ3n) is 1.11. The average Bonchev–Trinajstić information content (AvgIpc) is 1.65. The van der Waals surface area contributed by atoms with E-state index in [2.05, 4.69) is 0 Å². The van der Waals surface area contributed by atoms with Gasteiger partial charge in [-0.05, 0) is 12.3 Å². The molecule has 0 aromatic heterocycles. The van der Waals surface area contributed by atoms with E-state index in [1.807, 2.05) is 20.8 Å². The number of alkyl halides is 1. The van der Waals surface area contributed by atoms with Crippen LogP contribution in [0.1, 0.15) is 49.5 Å². The van der Waals surface area contributed by atoms with Crippen LogP contribution in [-0.4, -0.2) is 6.17 Å². The van der Waals surface area contributed by atoms with Gasteiger partial charge in [-0.2, -0.15) is 0 Å². The second-order valence-electron chi connectivity index (χ2n) is 2.17. The molecule has 0 radical (unpaired) electrons. The van der Waals surface area contributed by atoms with Gasteiger partial charge in [0.2, 0.25) is 0 Å². The molecule has 0 heterocycles. The Morgan fingerprint density at radius 3 is 1.40 bits per heavy atom. The molecular formula is C9H25F. The summed E-state index contributed by atoms with van der Waals surface area (Å²) in [5, 5.41) is 0. The zero-order chi connectivity index (χ0) is 5.86. The van der Waals surface area contributed by atoms with Gasteiger partial charge >= 0.3 is 0 Å². The highest BCUT2D eigenvalue weighted by atomic mass is 19.1. The van der Waals surface area contributed by atoms with Crippen molar-refractivity contribution in [2.24, 2.45) is 5.92 Å². The Morgan fingerprint density at radius 1 is 1.10 bits per heavy atom. The van der Waals surface area contributed by atoms with Gasteiger partial charge in [-0.25, -0.2) is 4.39 Å². The monoisotopic (exact) mass is 152 g/mol. The standard InChI is InChI=1S/C6H13F.3CH4/c1-4-6(7)5(2)3;;;/h5-6H,4H2,1-3H3;3*1H4. The Morgan fingerprint density at radius 2 is 1.40 bits per heavy atom. The van der Waals surface area contributed by atoms with Crippen LogP contribution in [0.3, 0.4) is 0 Å². The van der Waals surface area contributed by atoms with Crippen LogP contribution in [-0.2, 0) is 0 Å². The van der Waals surface area contributed by atoms with E-state index < -0.39 is 6.17 Å². The van der Waals surface area contributed by atoms with Gasteiger partial charge in [0.15, 0.2) is 0 Å². The minimum Gasteiger partial charge on any atom is -0.247 e. The molecular weight excluding hydrogens is 127 g/mol. The first kappa shape index (κ1) is 22.5. The molecule has 0 amide bonds. The summed E-state index contributed by atoms with van der Waals surface area (Å²) in [5.41, 5.74) is 0. The number of rotatable bonds is 2. The first-order chi connectivity index (χ1) is 3.18. The van der Waals surface area contributed by atoms with E-state index in [9.17, 15) is 4.39 Å². The van der Waals surface area contributed by atoms with E-state index in [4.69, 9.17) is 0 Å². The molecule has 0 aliphatic heterocycles. The first-order valence-electron chi connectivity index (χ1n) is 2.82. The summed E-state index contributed by atoms with van der Waals surface area (Å²) in [6.45, 7) is 5.66. The van der Waals surface area contributed by atoms with Crippen molar-refractivity contribution in [3.05, 3.63) is 0 Å². The van der Waals surface area contributed by atoms with Gasteiger partial charge in [-0.1, -0.05) is 43.1 Å².